The van der Waals surface area contributed by atoms with Crippen LogP contribution >= 0.6 is 0 Å². The maximum Gasteiger partial charge on any atom is 0.232 e. The smallest absolute Gasteiger partial charge is 0.232 e. The molecule has 2 heterocycles. The lowest BCUT2D eigenvalue weighted by Crippen LogP contribution is -2.21. The van der Waals surface area contributed by atoms with Gasteiger partial charge in [0.25, 0.3) is 0 Å². The van der Waals surface area contributed by atoms with Crippen molar-refractivity contribution < 1.29 is 4.79 Å². The van der Waals surface area contributed by atoms with Gasteiger partial charge in [-0.2, -0.15) is 10.2 Å². The Balaban J connectivity index is 1.88. The molecule has 0 aliphatic rings. The number of hydrogen-bond acceptors (Lipinski definition) is 3. The molecule has 3 aromatic rings. The zero-order valence-corrected chi connectivity index (χ0v) is 15.2. The van der Waals surface area contributed by atoms with Crippen molar-refractivity contribution in [3.63, 3.8) is 0 Å². The molecular formula is C19H23N5O. The second-order valence-electron chi connectivity index (χ2n) is 6.33. The van der Waals surface area contributed by atoms with E-state index in [4.69, 9.17) is 0 Å². The van der Waals surface area contributed by atoms with E-state index in [-0.39, 0.29) is 11.8 Å². The first-order valence-electron chi connectivity index (χ1n) is 8.31. The predicted molar refractivity (Wildman–Crippen MR) is 98.0 cm³/mol. The van der Waals surface area contributed by atoms with Crippen molar-refractivity contribution in [2.45, 2.75) is 33.6 Å². The number of rotatable bonds is 4. The molecule has 0 radical (unpaired) electrons. The van der Waals surface area contributed by atoms with E-state index in [0.29, 0.717) is 5.82 Å². The summed E-state index contributed by atoms with van der Waals surface area (Å²) >= 11 is 0. The minimum absolute atomic E-state index is 0.0745. The molecule has 0 fully saturated rings. The summed E-state index contributed by atoms with van der Waals surface area (Å²) in [5.41, 5.74) is 4.91. The summed E-state index contributed by atoms with van der Waals surface area (Å²) in [7, 11) is 1.89. The Kier molecular flexibility index (Phi) is 4.44. The van der Waals surface area contributed by atoms with Crippen LogP contribution in [0.4, 0.5) is 5.82 Å². The standard InChI is InChI=1S/C19H23N5O/c1-12-8-6-7-9-16(12)24-17(10-11-20-24)21-19(25)13(2)18-14(3)22-23(5)15(18)4/h6-11,13H,1-5H3,(H,21,25)/t13-/m0/s1. The number of para-hydroxylation sites is 1. The Morgan fingerprint density at radius 2 is 1.88 bits per heavy atom. The van der Waals surface area contributed by atoms with Gasteiger partial charge in [-0.3, -0.25) is 9.48 Å². The summed E-state index contributed by atoms with van der Waals surface area (Å²) in [6.07, 6.45) is 1.69. The number of anilines is 1. The molecule has 3 rings (SSSR count). The number of carbonyl (C=O) groups is 1. The number of amides is 1. The first kappa shape index (κ1) is 17.0. The van der Waals surface area contributed by atoms with Gasteiger partial charge in [-0.15, -0.1) is 0 Å². The highest BCUT2D eigenvalue weighted by atomic mass is 16.2. The molecule has 0 unspecified atom stereocenters. The van der Waals surface area contributed by atoms with Crippen molar-refractivity contribution in [2.24, 2.45) is 7.05 Å². The number of benzene rings is 1. The van der Waals surface area contributed by atoms with Crippen LogP contribution in [0.2, 0.25) is 0 Å². The van der Waals surface area contributed by atoms with Gasteiger partial charge in [-0.25, -0.2) is 4.68 Å². The van der Waals surface area contributed by atoms with Crippen LogP contribution in [0.3, 0.4) is 0 Å². The van der Waals surface area contributed by atoms with E-state index in [2.05, 4.69) is 15.5 Å². The molecule has 0 bridgehead atoms. The minimum atomic E-state index is -0.297. The largest absolute Gasteiger partial charge is 0.310 e. The van der Waals surface area contributed by atoms with Crippen LogP contribution in [-0.2, 0) is 11.8 Å². The third-order valence-corrected chi connectivity index (χ3v) is 4.63. The van der Waals surface area contributed by atoms with E-state index in [1.54, 1.807) is 16.9 Å². The molecule has 6 heteroatoms. The van der Waals surface area contributed by atoms with Crippen LogP contribution in [0.5, 0.6) is 0 Å². The quantitative estimate of drug-likeness (QED) is 0.794. The topological polar surface area (TPSA) is 64.7 Å². The van der Waals surface area contributed by atoms with Gasteiger partial charge in [0.2, 0.25) is 5.91 Å². The molecule has 0 saturated heterocycles. The van der Waals surface area contributed by atoms with Gasteiger partial charge in [-0.05, 0) is 39.3 Å². The van der Waals surface area contributed by atoms with Crippen molar-refractivity contribution in [1.82, 2.24) is 19.6 Å². The summed E-state index contributed by atoms with van der Waals surface area (Å²) in [5.74, 6) is 0.286. The van der Waals surface area contributed by atoms with Crippen molar-refractivity contribution >= 4 is 11.7 Å². The van der Waals surface area contributed by atoms with E-state index >= 15 is 0 Å². The third-order valence-electron chi connectivity index (χ3n) is 4.63. The molecule has 0 aliphatic carbocycles. The molecule has 1 amide bonds. The lowest BCUT2D eigenvalue weighted by atomic mass is 9.98. The number of aromatic nitrogens is 4. The van der Waals surface area contributed by atoms with Crippen molar-refractivity contribution in [1.29, 1.82) is 0 Å². The van der Waals surface area contributed by atoms with Crippen molar-refractivity contribution in [3.05, 3.63) is 59.0 Å². The summed E-state index contributed by atoms with van der Waals surface area (Å²) in [6.45, 7) is 7.84. The van der Waals surface area contributed by atoms with Crippen LogP contribution in [0.25, 0.3) is 5.69 Å². The number of carbonyl (C=O) groups excluding carboxylic acids is 1. The average Bonchev–Trinajstić information content (AvgIpc) is 3.12. The molecule has 25 heavy (non-hydrogen) atoms. The second-order valence-corrected chi connectivity index (χ2v) is 6.33. The normalized spacial score (nSPS) is 12.2. The van der Waals surface area contributed by atoms with E-state index in [0.717, 1.165) is 28.2 Å². The highest BCUT2D eigenvalue weighted by Gasteiger charge is 2.23. The molecule has 2 aromatic heterocycles. The monoisotopic (exact) mass is 337 g/mol. The zero-order chi connectivity index (χ0) is 18.1. The van der Waals surface area contributed by atoms with Crippen LogP contribution in [0.1, 0.15) is 35.4 Å². The summed E-state index contributed by atoms with van der Waals surface area (Å²) in [6, 6.07) is 9.75. The van der Waals surface area contributed by atoms with Gasteiger partial charge in [0, 0.05) is 24.4 Å². The Bertz CT molecular complexity index is 922. The number of nitrogens with zero attached hydrogens (tertiary/aromatic N) is 4. The molecule has 6 nitrogen and oxygen atoms in total. The zero-order valence-electron chi connectivity index (χ0n) is 15.2. The van der Waals surface area contributed by atoms with E-state index in [1.807, 2.05) is 63.7 Å². The molecule has 130 valence electrons. The fourth-order valence-electron chi connectivity index (χ4n) is 3.17. The van der Waals surface area contributed by atoms with Crippen LogP contribution in [0.15, 0.2) is 36.5 Å². The average molecular weight is 337 g/mol. The summed E-state index contributed by atoms with van der Waals surface area (Å²) < 4.78 is 3.56. The predicted octanol–water partition coefficient (Wildman–Crippen LogP) is 3.27. The highest BCUT2D eigenvalue weighted by Crippen LogP contribution is 2.25. The van der Waals surface area contributed by atoms with Crippen LogP contribution < -0.4 is 5.32 Å². The van der Waals surface area contributed by atoms with Gasteiger partial charge in [0.1, 0.15) is 5.82 Å². The lowest BCUT2D eigenvalue weighted by molar-refractivity contribution is -0.117. The summed E-state index contributed by atoms with van der Waals surface area (Å²) in [5, 5.41) is 11.8. The Labute approximate surface area is 147 Å². The minimum Gasteiger partial charge on any atom is -0.310 e. The SMILES string of the molecule is Cc1ccccc1-n1nccc1NC(=O)[C@@H](C)c1c(C)nn(C)c1C. The lowest BCUT2D eigenvalue weighted by Gasteiger charge is -2.15. The van der Waals surface area contributed by atoms with Gasteiger partial charge in [-0.1, -0.05) is 18.2 Å². The second kappa shape index (κ2) is 6.55. The maximum absolute atomic E-state index is 12.8. The molecule has 0 spiro atoms. The number of nitrogens with one attached hydrogen (secondary N) is 1. The molecule has 1 N–H and O–H groups in total. The third kappa shape index (κ3) is 3.07. The Morgan fingerprint density at radius 3 is 2.52 bits per heavy atom. The van der Waals surface area contributed by atoms with E-state index < -0.39 is 0 Å². The van der Waals surface area contributed by atoms with Crippen LogP contribution in [-0.4, -0.2) is 25.5 Å². The van der Waals surface area contributed by atoms with E-state index in [1.165, 1.54) is 0 Å². The van der Waals surface area contributed by atoms with Gasteiger partial charge in [0.15, 0.2) is 0 Å². The van der Waals surface area contributed by atoms with Crippen molar-refractivity contribution in [3.8, 4) is 5.69 Å². The Hall–Kier alpha value is -2.89. The maximum atomic E-state index is 12.8. The molecule has 0 saturated carbocycles. The van der Waals surface area contributed by atoms with Gasteiger partial charge in [0.05, 0.1) is 23.5 Å². The first-order valence-corrected chi connectivity index (χ1v) is 8.31. The van der Waals surface area contributed by atoms with Gasteiger partial charge >= 0.3 is 0 Å². The number of aryl methyl sites for hydroxylation is 3. The highest BCUT2D eigenvalue weighted by molar-refractivity contribution is 5.95. The van der Waals surface area contributed by atoms with E-state index in [9.17, 15) is 4.79 Å². The molecule has 0 aliphatic heterocycles. The van der Waals surface area contributed by atoms with Crippen LogP contribution in [0, 0.1) is 20.8 Å². The Morgan fingerprint density at radius 1 is 1.16 bits per heavy atom. The number of hydrogen-bond donors (Lipinski definition) is 1. The fraction of sp³-hybridized carbons (Fsp3) is 0.316. The summed E-state index contributed by atoms with van der Waals surface area (Å²) in [4.78, 5) is 12.8. The molecule has 1 atom stereocenters. The van der Waals surface area contributed by atoms with Gasteiger partial charge < -0.3 is 5.32 Å². The fourth-order valence-corrected chi connectivity index (χ4v) is 3.17. The molecular weight excluding hydrogens is 314 g/mol. The molecule has 1 aromatic carbocycles. The first-order chi connectivity index (χ1) is 11.9. The van der Waals surface area contributed by atoms with Crippen molar-refractivity contribution in [2.75, 3.05) is 5.32 Å².